The first-order chi connectivity index (χ1) is 10.6. The Balaban J connectivity index is 1.78. The predicted molar refractivity (Wildman–Crippen MR) is 86.8 cm³/mol. The van der Waals surface area contributed by atoms with E-state index in [1.807, 2.05) is 19.1 Å². The van der Waals surface area contributed by atoms with Gasteiger partial charge >= 0.3 is 0 Å². The molecule has 1 aromatic rings. The largest absolute Gasteiger partial charge is 0.484 e. The fourth-order valence-electron chi connectivity index (χ4n) is 2.95. The smallest absolute Gasteiger partial charge is 0.258 e. The van der Waals surface area contributed by atoms with E-state index in [1.54, 1.807) is 12.1 Å². The highest BCUT2D eigenvalue weighted by molar-refractivity contribution is 5.77. The molecule has 2 N–H and O–H groups in total. The Morgan fingerprint density at radius 1 is 1.32 bits per heavy atom. The molecule has 0 spiro atoms. The Morgan fingerprint density at radius 2 is 2.00 bits per heavy atom. The van der Waals surface area contributed by atoms with Gasteiger partial charge in [0.05, 0.1) is 6.10 Å². The molecule has 0 aliphatic heterocycles. The van der Waals surface area contributed by atoms with Crippen molar-refractivity contribution >= 4 is 5.91 Å². The number of carbonyl (C=O) groups excluding carboxylic acids is 1. The molecule has 1 aliphatic rings. The van der Waals surface area contributed by atoms with Crippen molar-refractivity contribution in [2.45, 2.75) is 58.1 Å². The summed E-state index contributed by atoms with van der Waals surface area (Å²) in [4.78, 5) is 12.0. The molecular weight excluding hydrogens is 278 g/mol. The molecule has 1 aliphatic carbocycles. The lowest BCUT2D eigenvalue weighted by Crippen LogP contribution is -2.43. The van der Waals surface area contributed by atoms with Gasteiger partial charge in [0.2, 0.25) is 0 Å². The minimum atomic E-state index is -0.440. The lowest BCUT2D eigenvalue weighted by atomic mass is 9.86. The molecule has 1 amide bonds. The zero-order chi connectivity index (χ0) is 15.9. The van der Waals surface area contributed by atoms with E-state index >= 15 is 0 Å². The van der Waals surface area contributed by atoms with E-state index in [0.717, 1.165) is 12.0 Å². The van der Waals surface area contributed by atoms with Gasteiger partial charge in [-0.1, -0.05) is 38.8 Å². The summed E-state index contributed by atoms with van der Waals surface area (Å²) in [5.74, 6) is 1.14. The number of ether oxygens (including phenoxy) is 1. The summed E-state index contributed by atoms with van der Waals surface area (Å²) in [6.07, 6.45) is 4.95. The van der Waals surface area contributed by atoms with E-state index in [9.17, 15) is 9.90 Å². The average Bonchev–Trinajstić information content (AvgIpc) is 2.55. The Hall–Kier alpha value is -1.55. The lowest BCUT2D eigenvalue weighted by Gasteiger charge is -2.29. The molecule has 1 fully saturated rings. The maximum atomic E-state index is 12.0. The first-order valence-electron chi connectivity index (χ1n) is 8.30. The van der Waals surface area contributed by atoms with Crippen molar-refractivity contribution in [3.63, 3.8) is 0 Å². The van der Waals surface area contributed by atoms with E-state index < -0.39 is 6.10 Å². The monoisotopic (exact) mass is 305 g/mol. The highest BCUT2D eigenvalue weighted by Crippen LogP contribution is 2.23. The van der Waals surface area contributed by atoms with Gasteiger partial charge in [0.15, 0.2) is 6.61 Å². The first kappa shape index (κ1) is 16.8. The molecule has 0 radical (unpaired) electrons. The van der Waals surface area contributed by atoms with Gasteiger partial charge in [-0.25, -0.2) is 0 Å². The normalized spacial score (nSPS) is 22.9. The van der Waals surface area contributed by atoms with Crippen molar-refractivity contribution in [3.05, 3.63) is 29.8 Å². The van der Waals surface area contributed by atoms with Crippen molar-refractivity contribution in [2.75, 3.05) is 6.61 Å². The van der Waals surface area contributed by atoms with Crippen LogP contribution in [0.5, 0.6) is 5.75 Å². The number of hydrogen-bond donors (Lipinski definition) is 2. The second-order valence-electron chi connectivity index (χ2n) is 6.22. The van der Waals surface area contributed by atoms with Crippen LogP contribution in [-0.4, -0.2) is 23.7 Å². The van der Waals surface area contributed by atoms with Crippen molar-refractivity contribution in [3.8, 4) is 5.75 Å². The number of hydrogen-bond acceptors (Lipinski definition) is 3. The highest BCUT2D eigenvalue weighted by Gasteiger charge is 2.22. The van der Waals surface area contributed by atoms with Crippen LogP contribution in [0.15, 0.2) is 24.3 Å². The minimum absolute atomic E-state index is 0.0406. The predicted octanol–water partition coefficient (Wildman–Crippen LogP) is 3.20. The van der Waals surface area contributed by atoms with Crippen LogP contribution in [0.25, 0.3) is 0 Å². The minimum Gasteiger partial charge on any atom is -0.484 e. The maximum absolute atomic E-state index is 12.0. The Labute approximate surface area is 132 Å². The van der Waals surface area contributed by atoms with Gasteiger partial charge in [-0.2, -0.15) is 0 Å². The standard InChI is InChI=1S/C18H27NO3/c1-3-17(20)14-8-10-15(11-9-14)22-12-18(21)19-16-7-5-4-6-13(16)2/h8-11,13,16-17,20H,3-7,12H2,1-2H3,(H,19,21). The van der Waals surface area contributed by atoms with E-state index in [4.69, 9.17) is 4.74 Å². The van der Waals surface area contributed by atoms with Crippen LogP contribution in [0, 0.1) is 5.92 Å². The van der Waals surface area contributed by atoms with Crippen molar-refractivity contribution in [2.24, 2.45) is 5.92 Å². The van der Waals surface area contributed by atoms with Crippen LogP contribution in [0.4, 0.5) is 0 Å². The lowest BCUT2D eigenvalue weighted by molar-refractivity contribution is -0.124. The molecule has 4 nitrogen and oxygen atoms in total. The number of rotatable bonds is 6. The Morgan fingerprint density at radius 3 is 2.64 bits per heavy atom. The second-order valence-corrected chi connectivity index (χ2v) is 6.22. The zero-order valence-electron chi connectivity index (χ0n) is 13.5. The van der Waals surface area contributed by atoms with E-state index in [2.05, 4.69) is 12.2 Å². The van der Waals surface area contributed by atoms with Crippen LogP contribution in [0.1, 0.15) is 57.6 Å². The number of amides is 1. The molecule has 22 heavy (non-hydrogen) atoms. The summed E-state index contributed by atoms with van der Waals surface area (Å²) in [7, 11) is 0. The Kier molecular flexibility index (Phi) is 6.25. The third kappa shape index (κ3) is 4.73. The van der Waals surface area contributed by atoms with Crippen molar-refractivity contribution in [1.82, 2.24) is 5.32 Å². The molecule has 4 heteroatoms. The molecule has 1 saturated carbocycles. The number of aliphatic hydroxyl groups excluding tert-OH is 1. The van der Waals surface area contributed by atoms with Crippen molar-refractivity contribution in [1.29, 1.82) is 0 Å². The topological polar surface area (TPSA) is 58.6 Å². The molecule has 0 bridgehead atoms. The van der Waals surface area contributed by atoms with Crippen LogP contribution in [-0.2, 0) is 4.79 Å². The van der Waals surface area contributed by atoms with Gasteiger partial charge in [0.1, 0.15) is 5.75 Å². The quantitative estimate of drug-likeness (QED) is 0.848. The summed E-state index contributed by atoms with van der Waals surface area (Å²) in [6, 6.07) is 7.55. The molecule has 3 unspecified atom stereocenters. The molecule has 0 heterocycles. The molecule has 0 saturated heterocycles. The molecule has 122 valence electrons. The van der Waals surface area contributed by atoms with Gasteiger partial charge in [-0.05, 0) is 42.9 Å². The van der Waals surface area contributed by atoms with Gasteiger partial charge in [-0.3, -0.25) is 4.79 Å². The maximum Gasteiger partial charge on any atom is 0.258 e. The fourth-order valence-corrected chi connectivity index (χ4v) is 2.95. The SMILES string of the molecule is CCC(O)c1ccc(OCC(=O)NC2CCCCC2C)cc1. The summed E-state index contributed by atoms with van der Waals surface area (Å²) in [5, 5.41) is 12.8. The average molecular weight is 305 g/mol. The van der Waals surface area contributed by atoms with Gasteiger partial charge < -0.3 is 15.2 Å². The van der Waals surface area contributed by atoms with Crippen LogP contribution >= 0.6 is 0 Å². The van der Waals surface area contributed by atoms with Crippen LogP contribution < -0.4 is 10.1 Å². The third-order valence-corrected chi connectivity index (χ3v) is 4.48. The third-order valence-electron chi connectivity index (χ3n) is 4.48. The number of benzene rings is 1. The van der Waals surface area contributed by atoms with Gasteiger partial charge in [0.25, 0.3) is 5.91 Å². The summed E-state index contributed by atoms with van der Waals surface area (Å²) < 4.78 is 5.52. The molecule has 0 aromatic heterocycles. The zero-order valence-corrected chi connectivity index (χ0v) is 13.5. The molecular formula is C18H27NO3. The first-order valence-corrected chi connectivity index (χ1v) is 8.30. The van der Waals surface area contributed by atoms with E-state index in [1.165, 1.54) is 19.3 Å². The highest BCUT2D eigenvalue weighted by atomic mass is 16.5. The van der Waals surface area contributed by atoms with Gasteiger partial charge in [-0.15, -0.1) is 0 Å². The summed E-state index contributed by atoms with van der Waals surface area (Å²) in [5.41, 5.74) is 0.871. The molecule has 2 rings (SSSR count). The Bertz CT molecular complexity index is 472. The van der Waals surface area contributed by atoms with Crippen LogP contribution in [0.2, 0.25) is 0 Å². The van der Waals surface area contributed by atoms with Crippen molar-refractivity contribution < 1.29 is 14.6 Å². The number of carbonyl (C=O) groups is 1. The number of nitrogens with one attached hydrogen (secondary N) is 1. The fraction of sp³-hybridized carbons (Fsp3) is 0.611. The molecule has 3 atom stereocenters. The van der Waals surface area contributed by atoms with Crippen LogP contribution in [0.3, 0.4) is 0 Å². The van der Waals surface area contributed by atoms with Gasteiger partial charge in [0, 0.05) is 6.04 Å². The molecule has 1 aromatic carbocycles. The van der Waals surface area contributed by atoms with E-state index in [0.29, 0.717) is 18.1 Å². The summed E-state index contributed by atoms with van der Waals surface area (Å²) >= 11 is 0. The number of aliphatic hydroxyl groups is 1. The van der Waals surface area contributed by atoms with E-state index in [-0.39, 0.29) is 18.6 Å². The summed E-state index contributed by atoms with van der Waals surface area (Å²) in [6.45, 7) is 4.17. The second kappa shape index (κ2) is 8.18.